The fourth-order valence-electron chi connectivity index (χ4n) is 2.66. The zero-order chi connectivity index (χ0) is 15.3. The molecule has 1 aromatic carbocycles. The van der Waals surface area contributed by atoms with Crippen LogP contribution >= 0.6 is 0 Å². The van der Waals surface area contributed by atoms with E-state index in [4.69, 9.17) is 4.74 Å². The molecule has 0 unspecified atom stereocenters. The minimum absolute atomic E-state index is 0.177. The van der Waals surface area contributed by atoms with E-state index in [1.165, 1.54) is 16.5 Å². The Hall–Kier alpha value is -1.32. The number of aryl methyl sites for hydroxylation is 1. The van der Waals surface area contributed by atoms with Gasteiger partial charge in [-0.15, -0.1) is 0 Å². The monoisotopic (exact) mass is 288 g/mol. The molecule has 0 atom stereocenters. The van der Waals surface area contributed by atoms with Crippen LogP contribution in [-0.2, 0) is 17.7 Å². The molecule has 3 nitrogen and oxygen atoms in total. The summed E-state index contributed by atoms with van der Waals surface area (Å²) >= 11 is 0. The highest BCUT2D eigenvalue weighted by molar-refractivity contribution is 5.84. The van der Waals surface area contributed by atoms with Gasteiger partial charge < -0.3 is 14.6 Å². The van der Waals surface area contributed by atoms with E-state index < -0.39 is 0 Å². The number of benzene rings is 1. The lowest BCUT2D eigenvalue weighted by atomic mass is 10.1. The second-order valence-electron chi connectivity index (χ2n) is 6.64. The fraction of sp³-hybridized carbons (Fsp3) is 0.556. The van der Waals surface area contributed by atoms with Crippen molar-refractivity contribution in [2.45, 2.75) is 45.7 Å². The van der Waals surface area contributed by atoms with Gasteiger partial charge in [0.05, 0.1) is 0 Å². The predicted molar refractivity (Wildman–Crippen MR) is 89.9 cm³/mol. The molecule has 3 heteroatoms. The standard InChI is InChI=1S/C18H28N2O/c1-18(2,3)19-11-10-15-14-20(12-7-13-21-4)17-9-6-5-8-16(15)17/h5-6,8-9,14,19H,7,10-13H2,1-4H3. The van der Waals surface area contributed by atoms with Gasteiger partial charge in [-0.05, 0) is 51.8 Å². The minimum Gasteiger partial charge on any atom is -0.385 e. The summed E-state index contributed by atoms with van der Waals surface area (Å²) in [6.45, 7) is 9.47. The van der Waals surface area contributed by atoms with Gasteiger partial charge >= 0.3 is 0 Å². The first-order chi connectivity index (χ1) is 10.0. The van der Waals surface area contributed by atoms with E-state index in [1.54, 1.807) is 7.11 Å². The third-order valence-electron chi connectivity index (χ3n) is 3.67. The van der Waals surface area contributed by atoms with Crippen molar-refractivity contribution in [3.63, 3.8) is 0 Å². The second kappa shape index (κ2) is 7.10. The van der Waals surface area contributed by atoms with Crippen LogP contribution in [0.1, 0.15) is 32.8 Å². The van der Waals surface area contributed by atoms with Crippen LogP contribution in [0.5, 0.6) is 0 Å². The number of aromatic nitrogens is 1. The van der Waals surface area contributed by atoms with Crippen molar-refractivity contribution in [1.29, 1.82) is 0 Å². The van der Waals surface area contributed by atoms with E-state index >= 15 is 0 Å². The maximum absolute atomic E-state index is 5.16. The van der Waals surface area contributed by atoms with Crippen LogP contribution in [0, 0.1) is 0 Å². The maximum atomic E-state index is 5.16. The van der Waals surface area contributed by atoms with Gasteiger partial charge in [0, 0.05) is 42.9 Å². The van der Waals surface area contributed by atoms with Crippen LogP contribution in [-0.4, -0.2) is 30.4 Å². The van der Waals surface area contributed by atoms with Crippen LogP contribution in [0.4, 0.5) is 0 Å². The van der Waals surface area contributed by atoms with Gasteiger partial charge in [-0.3, -0.25) is 0 Å². The van der Waals surface area contributed by atoms with Crippen molar-refractivity contribution in [3.8, 4) is 0 Å². The largest absolute Gasteiger partial charge is 0.385 e. The Morgan fingerprint density at radius 2 is 1.95 bits per heavy atom. The molecule has 1 heterocycles. The van der Waals surface area contributed by atoms with E-state index in [1.807, 2.05) is 0 Å². The second-order valence-corrected chi connectivity index (χ2v) is 6.64. The summed E-state index contributed by atoms with van der Waals surface area (Å²) in [6.07, 6.45) is 4.43. The number of hydrogen-bond acceptors (Lipinski definition) is 2. The normalized spacial score (nSPS) is 12.2. The number of rotatable bonds is 7. The first-order valence-corrected chi connectivity index (χ1v) is 7.82. The number of hydrogen-bond donors (Lipinski definition) is 1. The van der Waals surface area contributed by atoms with Crippen LogP contribution in [0.25, 0.3) is 10.9 Å². The lowest BCUT2D eigenvalue weighted by Crippen LogP contribution is -2.37. The van der Waals surface area contributed by atoms with Gasteiger partial charge in [-0.1, -0.05) is 18.2 Å². The van der Waals surface area contributed by atoms with Gasteiger partial charge in [0.1, 0.15) is 0 Å². The Labute approximate surface area is 128 Å². The third-order valence-corrected chi connectivity index (χ3v) is 3.67. The molecule has 0 bridgehead atoms. The molecular weight excluding hydrogens is 260 g/mol. The number of methoxy groups -OCH3 is 1. The molecule has 0 aliphatic rings. The molecule has 0 spiro atoms. The molecule has 0 amide bonds. The molecule has 0 aliphatic carbocycles. The van der Waals surface area contributed by atoms with Gasteiger partial charge in [-0.25, -0.2) is 0 Å². The summed E-state index contributed by atoms with van der Waals surface area (Å²) < 4.78 is 7.52. The number of nitrogens with one attached hydrogen (secondary N) is 1. The maximum Gasteiger partial charge on any atom is 0.0483 e. The number of fused-ring (bicyclic) bond motifs is 1. The summed E-state index contributed by atoms with van der Waals surface area (Å²) in [7, 11) is 1.76. The van der Waals surface area contributed by atoms with Crippen LogP contribution in [0.2, 0.25) is 0 Å². The number of ether oxygens (including phenoxy) is 1. The van der Waals surface area contributed by atoms with Gasteiger partial charge in [0.15, 0.2) is 0 Å². The van der Waals surface area contributed by atoms with Crippen molar-refractivity contribution in [1.82, 2.24) is 9.88 Å². The molecule has 0 fully saturated rings. The average molecular weight is 288 g/mol. The molecule has 0 radical (unpaired) electrons. The first kappa shape index (κ1) is 16.1. The minimum atomic E-state index is 0.177. The Morgan fingerprint density at radius 1 is 1.19 bits per heavy atom. The molecule has 0 saturated carbocycles. The summed E-state index contributed by atoms with van der Waals surface area (Å²) in [6, 6.07) is 8.69. The highest BCUT2D eigenvalue weighted by Crippen LogP contribution is 2.22. The van der Waals surface area contributed by atoms with Gasteiger partial charge in [0.2, 0.25) is 0 Å². The summed E-state index contributed by atoms with van der Waals surface area (Å²) in [5, 5.41) is 4.95. The smallest absolute Gasteiger partial charge is 0.0483 e. The molecule has 1 N–H and O–H groups in total. The SMILES string of the molecule is COCCCn1cc(CCNC(C)(C)C)c2ccccc21. The summed E-state index contributed by atoms with van der Waals surface area (Å²) in [4.78, 5) is 0. The van der Waals surface area contributed by atoms with E-state index in [0.29, 0.717) is 0 Å². The Balaban J connectivity index is 2.11. The fourth-order valence-corrected chi connectivity index (χ4v) is 2.66. The summed E-state index contributed by atoms with van der Waals surface area (Å²) in [5.41, 5.74) is 2.94. The predicted octanol–water partition coefficient (Wildman–Crippen LogP) is 3.61. The summed E-state index contributed by atoms with van der Waals surface area (Å²) in [5.74, 6) is 0. The Morgan fingerprint density at radius 3 is 2.67 bits per heavy atom. The number of para-hydroxylation sites is 1. The van der Waals surface area contributed by atoms with Gasteiger partial charge in [-0.2, -0.15) is 0 Å². The van der Waals surface area contributed by atoms with Crippen molar-refractivity contribution >= 4 is 10.9 Å². The molecule has 1 aromatic heterocycles. The van der Waals surface area contributed by atoms with Crippen LogP contribution in [0.3, 0.4) is 0 Å². The molecule has 2 rings (SSSR count). The topological polar surface area (TPSA) is 26.2 Å². The van der Waals surface area contributed by atoms with Crippen LogP contribution in [0.15, 0.2) is 30.5 Å². The van der Waals surface area contributed by atoms with E-state index in [-0.39, 0.29) is 5.54 Å². The Bertz CT molecular complexity index is 566. The molecule has 0 saturated heterocycles. The zero-order valence-electron chi connectivity index (χ0n) is 13.8. The van der Waals surface area contributed by atoms with Crippen LogP contribution < -0.4 is 5.32 Å². The molecular formula is C18H28N2O. The lowest BCUT2D eigenvalue weighted by Gasteiger charge is -2.20. The van der Waals surface area contributed by atoms with Gasteiger partial charge in [0.25, 0.3) is 0 Å². The van der Waals surface area contributed by atoms with E-state index in [9.17, 15) is 0 Å². The van der Waals surface area contributed by atoms with Crippen molar-refractivity contribution < 1.29 is 4.74 Å². The molecule has 116 valence electrons. The quantitative estimate of drug-likeness (QED) is 0.788. The number of nitrogens with zero attached hydrogens (tertiary/aromatic N) is 1. The molecule has 2 aromatic rings. The van der Waals surface area contributed by atoms with E-state index in [2.05, 4.69) is 61.1 Å². The Kier molecular flexibility index (Phi) is 5.43. The van der Waals surface area contributed by atoms with E-state index in [0.717, 1.165) is 32.5 Å². The van der Waals surface area contributed by atoms with Crippen molar-refractivity contribution in [2.75, 3.05) is 20.3 Å². The van der Waals surface area contributed by atoms with Crippen molar-refractivity contribution in [2.24, 2.45) is 0 Å². The highest BCUT2D eigenvalue weighted by atomic mass is 16.5. The molecule has 0 aliphatic heterocycles. The first-order valence-electron chi connectivity index (χ1n) is 7.82. The lowest BCUT2D eigenvalue weighted by molar-refractivity contribution is 0.190. The average Bonchev–Trinajstić information content (AvgIpc) is 2.77. The van der Waals surface area contributed by atoms with Crippen molar-refractivity contribution in [3.05, 3.63) is 36.0 Å². The zero-order valence-corrected chi connectivity index (χ0v) is 13.8. The third kappa shape index (κ3) is 4.58. The highest BCUT2D eigenvalue weighted by Gasteiger charge is 2.11. The molecule has 21 heavy (non-hydrogen) atoms.